The van der Waals surface area contributed by atoms with E-state index in [0.717, 1.165) is 0 Å². The molecule has 16 heavy (non-hydrogen) atoms. The van der Waals surface area contributed by atoms with Crippen LogP contribution in [0.2, 0.25) is 0 Å². The molecule has 0 aromatic heterocycles. The first kappa shape index (κ1) is 11.3. The minimum atomic E-state index is -0.713. The van der Waals surface area contributed by atoms with Crippen LogP contribution in [0, 0.1) is 6.92 Å². The van der Waals surface area contributed by atoms with Gasteiger partial charge in [-0.1, -0.05) is 60.7 Å². The maximum Gasteiger partial charge on any atom is 0.0917 e. The van der Waals surface area contributed by atoms with Gasteiger partial charge in [-0.25, -0.2) is 0 Å². The van der Waals surface area contributed by atoms with E-state index < -0.39 is 8.15 Å². The topological polar surface area (TPSA) is 9.23 Å². The van der Waals surface area contributed by atoms with Crippen molar-refractivity contribution in [1.82, 2.24) is 0 Å². The molecule has 0 aliphatic carbocycles. The fourth-order valence-electron chi connectivity index (χ4n) is 1.52. The van der Waals surface area contributed by atoms with E-state index in [0.29, 0.717) is 6.61 Å². The first-order chi connectivity index (χ1) is 7.92. The summed E-state index contributed by atoms with van der Waals surface area (Å²) in [5.41, 5.74) is 0. The lowest BCUT2D eigenvalue weighted by molar-refractivity contribution is 0.412. The number of rotatable bonds is 4. The Morgan fingerprint density at radius 1 is 0.812 bits per heavy atom. The monoisotopic (exact) mass is 229 g/mol. The highest BCUT2D eigenvalue weighted by molar-refractivity contribution is 7.68. The Hall–Kier alpha value is -1.17. The van der Waals surface area contributed by atoms with Gasteiger partial charge in [0.25, 0.3) is 0 Å². The third-order valence-electron chi connectivity index (χ3n) is 2.20. The maximum absolute atomic E-state index is 5.77. The summed E-state index contributed by atoms with van der Waals surface area (Å²) in [6.07, 6.45) is 0. The Morgan fingerprint density at radius 2 is 1.25 bits per heavy atom. The average molecular weight is 229 g/mol. The molecule has 0 unspecified atom stereocenters. The molecule has 0 N–H and O–H groups in total. The standard InChI is InChI=1S/C14H14OP/c1-2-15-16(13-9-5-3-6-10-13)14-11-7-4-8-12-14/h3-12H,1-2H2. The van der Waals surface area contributed by atoms with E-state index in [1.165, 1.54) is 10.6 Å². The summed E-state index contributed by atoms with van der Waals surface area (Å²) in [7, 11) is -0.713. The third-order valence-corrected chi connectivity index (χ3v) is 4.18. The van der Waals surface area contributed by atoms with Gasteiger partial charge in [-0.15, -0.1) is 0 Å². The Balaban J connectivity index is 2.31. The average Bonchev–Trinajstić information content (AvgIpc) is 2.38. The van der Waals surface area contributed by atoms with Crippen LogP contribution in [0.3, 0.4) is 0 Å². The molecule has 1 nitrogen and oxygen atoms in total. The zero-order valence-electron chi connectivity index (χ0n) is 9.04. The zero-order chi connectivity index (χ0) is 11.2. The van der Waals surface area contributed by atoms with Gasteiger partial charge in [0.2, 0.25) is 0 Å². The Bertz CT molecular complexity index is 374. The summed E-state index contributed by atoms with van der Waals surface area (Å²) >= 11 is 0. The Morgan fingerprint density at radius 3 is 1.62 bits per heavy atom. The van der Waals surface area contributed by atoms with Crippen LogP contribution in [0.4, 0.5) is 0 Å². The number of hydrogen-bond donors (Lipinski definition) is 0. The summed E-state index contributed by atoms with van der Waals surface area (Å²) in [4.78, 5) is 0. The van der Waals surface area contributed by atoms with Crippen LogP contribution in [0.5, 0.6) is 0 Å². The molecule has 0 saturated heterocycles. The van der Waals surface area contributed by atoms with Crippen LogP contribution in [-0.2, 0) is 4.52 Å². The van der Waals surface area contributed by atoms with Gasteiger partial charge in [0.15, 0.2) is 0 Å². The number of benzene rings is 2. The van der Waals surface area contributed by atoms with Crippen molar-refractivity contribution in [3.8, 4) is 0 Å². The first-order valence-electron chi connectivity index (χ1n) is 5.24. The Kier molecular flexibility index (Phi) is 4.10. The van der Waals surface area contributed by atoms with E-state index in [1.54, 1.807) is 0 Å². The van der Waals surface area contributed by atoms with E-state index in [2.05, 4.69) is 31.2 Å². The number of hydrogen-bond acceptors (Lipinski definition) is 1. The third kappa shape index (κ3) is 2.69. The van der Waals surface area contributed by atoms with Crippen molar-refractivity contribution in [3.05, 3.63) is 67.6 Å². The largest absolute Gasteiger partial charge is 0.350 e. The molecule has 0 atom stereocenters. The van der Waals surface area contributed by atoms with Gasteiger partial charge in [-0.05, 0) is 6.92 Å². The maximum atomic E-state index is 5.77. The van der Waals surface area contributed by atoms with Crippen molar-refractivity contribution in [1.29, 1.82) is 0 Å². The molecule has 0 amide bonds. The van der Waals surface area contributed by atoms with Gasteiger partial charge < -0.3 is 4.52 Å². The van der Waals surface area contributed by atoms with Crippen molar-refractivity contribution >= 4 is 18.8 Å². The van der Waals surface area contributed by atoms with E-state index in [4.69, 9.17) is 4.52 Å². The molecule has 2 aromatic rings. The van der Waals surface area contributed by atoms with Crippen molar-refractivity contribution in [2.24, 2.45) is 0 Å². The van der Waals surface area contributed by atoms with E-state index in [9.17, 15) is 0 Å². The van der Waals surface area contributed by atoms with Crippen molar-refractivity contribution in [2.45, 2.75) is 0 Å². The molecule has 1 radical (unpaired) electrons. The highest BCUT2D eigenvalue weighted by Gasteiger charge is 2.13. The summed E-state index contributed by atoms with van der Waals surface area (Å²) < 4.78 is 5.77. The van der Waals surface area contributed by atoms with Crippen LogP contribution in [0.15, 0.2) is 60.7 Å². The lowest BCUT2D eigenvalue weighted by Crippen LogP contribution is -2.13. The quantitative estimate of drug-likeness (QED) is 0.732. The second-order valence-electron chi connectivity index (χ2n) is 3.30. The molecule has 2 aromatic carbocycles. The summed E-state index contributed by atoms with van der Waals surface area (Å²) in [6, 6.07) is 20.6. The molecule has 81 valence electrons. The Labute approximate surface area is 97.9 Å². The normalized spacial score (nSPS) is 10.6. The summed E-state index contributed by atoms with van der Waals surface area (Å²) in [5, 5.41) is 2.46. The smallest absolute Gasteiger partial charge is 0.0917 e. The molecular weight excluding hydrogens is 215 g/mol. The van der Waals surface area contributed by atoms with Crippen molar-refractivity contribution in [2.75, 3.05) is 6.61 Å². The molecule has 0 aliphatic rings. The fraction of sp³-hybridized carbons (Fsp3) is 0.0714. The highest BCUT2D eigenvalue weighted by atomic mass is 31.1. The summed E-state index contributed by atoms with van der Waals surface area (Å²) in [6.45, 7) is 4.27. The predicted octanol–water partition coefficient (Wildman–Crippen LogP) is 2.88. The minimum absolute atomic E-state index is 0.496. The predicted molar refractivity (Wildman–Crippen MR) is 70.4 cm³/mol. The van der Waals surface area contributed by atoms with Gasteiger partial charge in [0, 0.05) is 10.6 Å². The van der Waals surface area contributed by atoms with Crippen molar-refractivity contribution in [3.63, 3.8) is 0 Å². The lowest BCUT2D eigenvalue weighted by atomic mass is 10.4. The second kappa shape index (κ2) is 5.79. The summed E-state index contributed by atoms with van der Waals surface area (Å²) in [5.74, 6) is 0. The van der Waals surface area contributed by atoms with E-state index in [1.807, 2.05) is 36.4 Å². The molecule has 0 bridgehead atoms. The molecule has 2 heteroatoms. The fourth-order valence-corrected chi connectivity index (χ4v) is 3.18. The van der Waals surface area contributed by atoms with Crippen LogP contribution in [-0.4, -0.2) is 6.61 Å². The lowest BCUT2D eigenvalue weighted by Gasteiger charge is -2.17. The second-order valence-corrected chi connectivity index (χ2v) is 5.18. The minimum Gasteiger partial charge on any atom is -0.350 e. The van der Waals surface area contributed by atoms with E-state index >= 15 is 0 Å². The molecule has 0 fully saturated rings. The molecule has 0 aliphatic heterocycles. The molecule has 0 heterocycles. The SMILES string of the molecule is [CH2]COP(c1ccccc1)c1ccccc1. The van der Waals surface area contributed by atoms with Gasteiger partial charge in [0.1, 0.15) is 0 Å². The van der Waals surface area contributed by atoms with Gasteiger partial charge >= 0.3 is 0 Å². The van der Waals surface area contributed by atoms with Gasteiger partial charge in [-0.2, -0.15) is 0 Å². The molecule has 0 saturated carbocycles. The highest BCUT2D eigenvalue weighted by Crippen LogP contribution is 2.34. The first-order valence-corrected chi connectivity index (χ1v) is 6.50. The molecular formula is C14H14OP. The van der Waals surface area contributed by atoms with Gasteiger partial charge in [0.05, 0.1) is 14.8 Å². The van der Waals surface area contributed by atoms with E-state index in [-0.39, 0.29) is 0 Å². The van der Waals surface area contributed by atoms with Crippen LogP contribution >= 0.6 is 8.15 Å². The van der Waals surface area contributed by atoms with Crippen LogP contribution < -0.4 is 10.6 Å². The molecule has 0 spiro atoms. The molecule has 2 rings (SSSR count). The van der Waals surface area contributed by atoms with Crippen LogP contribution in [0.25, 0.3) is 0 Å². The van der Waals surface area contributed by atoms with Gasteiger partial charge in [-0.3, -0.25) is 0 Å². The zero-order valence-corrected chi connectivity index (χ0v) is 9.94. The van der Waals surface area contributed by atoms with Crippen LogP contribution in [0.1, 0.15) is 0 Å². The van der Waals surface area contributed by atoms with Crippen molar-refractivity contribution < 1.29 is 4.52 Å².